The van der Waals surface area contributed by atoms with E-state index < -0.39 is 5.92 Å². The average Bonchev–Trinajstić information content (AvgIpc) is 3.34. The van der Waals surface area contributed by atoms with Crippen LogP contribution in [0.2, 0.25) is 0 Å². The molecule has 27 heavy (non-hydrogen) atoms. The molecule has 5 nitrogen and oxygen atoms in total. The quantitative estimate of drug-likeness (QED) is 0.434. The Morgan fingerprint density at radius 3 is 2.70 bits per heavy atom. The van der Waals surface area contributed by atoms with Crippen molar-refractivity contribution in [3.63, 3.8) is 0 Å². The number of nitrogens with zero attached hydrogens (tertiary/aromatic N) is 3. The van der Waals surface area contributed by atoms with Crippen LogP contribution in [0, 0.1) is 11.3 Å². The summed E-state index contributed by atoms with van der Waals surface area (Å²) in [6, 6.07) is 19.2. The second kappa shape index (κ2) is 7.74. The summed E-state index contributed by atoms with van der Waals surface area (Å²) in [5.74, 6) is -0.992. The van der Waals surface area contributed by atoms with Gasteiger partial charge in [-0.05, 0) is 12.1 Å². The molecule has 2 heterocycles. The zero-order valence-corrected chi connectivity index (χ0v) is 15.7. The molecule has 1 unspecified atom stereocenters. The molecule has 0 amide bonds. The van der Waals surface area contributed by atoms with E-state index in [1.165, 1.54) is 23.1 Å². The topological polar surface area (TPSA) is 79.8 Å². The fourth-order valence-corrected chi connectivity index (χ4v) is 4.19. The third kappa shape index (κ3) is 3.77. The highest BCUT2D eigenvalue weighted by Gasteiger charge is 2.24. The maximum absolute atomic E-state index is 12.6. The van der Waals surface area contributed by atoms with Crippen LogP contribution in [-0.2, 0) is 4.79 Å². The number of rotatable bonds is 6. The van der Waals surface area contributed by atoms with Crippen molar-refractivity contribution in [3.05, 3.63) is 65.0 Å². The molecule has 7 heteroatoms. The molecule has 0 saturated carbocycles. The molecule has 132 valence electrons. The largest absolute Gasteiger partial charge is 0.431 e. The summed E-state index contributed by atoms with van der Waals surface area (Å²) in [6.07, 6.45) is 0. The number of oxazole rings is 1. The lowest BCUT2D eigenvalue weighted by Crippen LogP contribution is -2.13. The second-order valence-electron chi connectivity index (χ2n) is 5.70. The van der Waals surface area contributed by atoms with E-state index in [-0.39, 0.29) is 11.5 Å². The first kappa shape index (κ1) is 17.5. The predicted octanol–water partition coefficient (Wildman–Crippen LogP) is 4.92. The summed E-state index contributed by atoms with van der Waals surface area (Å²) in [7, 11) is 0. The van der Waals surface area contributed by atoms with E-state index in [9.17, 15) is 10.1 Å². The van der Waals surface area contributed by atoms with Gasteiger partial charge in [0.25, 0.3) is 5.22 Å². The zero-order valence-electron chi connectivity index (χ0n) is 14.0. The van der Waals surface area contributed by atoms with E-state index in [1.54, 1.807) is 0 Å². The van der Waals surface area contributed by atoms with E-state index in [1.807, 2.05) is 60.0 Å². The Morgan fingerprint density at radius 2 is 1.93 bits per heavy atom. The van der Waals surface area contributed by atoms with Gasteiger partial charge in [0.15, 0.2) is 17.3 Å². The van der Waals surface area contributed by atoms with E-state index >= 15 is 0 Å². The predicted molar refractivity (Wildman–Crippen MR) is 106 cm³/mol. The SMILES string of the molecule is N#CC(C(=O)CSc1nc2ccccc2o1)c1nc(-c2ccccc2)cs1. The Kier molecular flexibility index (Phi) is 5.01. The molecule has 0 saturated heterocycles. The molecular weight excluding hydrogens is 378 g/mol. The van der Waals surface area contributed by atoms with E-state index in [4.69, 9.17) is 4.42 Å². The van der Waals surface area contributed by atoms with Crippen molar-refractivity contribution in [1.29, 1.82) is 5.26 Å². The minimum absolute atomic E-state index is 0.102. The average molecular weight is 391 g/mol. The molecule has 0 N–H and O–H groups in total. The Balaban J connectivity index is 1.47. The third-order valence-electron chi connectivity index (χ3n) is 3.90. The number of carbonyl (C=O) groups excluding carboxylic acids is 1. The summed E-state index contributed by atoms with van der Waals surface area (Å²) in [5, 5.41) is 12.3. The van der Waals surface area contributed by atoms with Gasteiger partial charge in [-0.3, -0.25) is 4.79 Å². The van der Waals surface area contributed by atoms with Gasteiger partial charge in [-0.25, -0.2) is 9.97 Å². The van der Waals surface area contributed by atoms with Crippen LogP contribution in [0.4, 0.5) is 0 Å². The first-order valence-electron chi connectivity index (χ1n) is 8.16. The van der Waals surface area contributed by atoms with E-state index in [2.05, 4.69) is 16.0 Å². The summed E-state index contributed by atoms with van der Waals surface area (Å²) >= 11 is 2.52. The van der Waals surface area contributed by atoms with Crippen LogP contribution in [-0.4, -0.2) is 21.5 Å². The minimum Gasteiger partial charge on any atom is -0.431 e. The lowest BCUT2D eigenvalue weighted by molar-refractivity contribution is -0.116. The third-order valence-corrected chi connectivity index (χ3v) is 5.66. The summed E-state index contributed by atoms with van der Waals surface area (Å²) < 4.78 is 5.60. The number of fused-ring (bicyclic) bond motifs is 1. The molecule has 0 fully saturated rings. The number of Topliss-reactive ketones (excluding diaryl/α,β-unsaturated/α-hetero) is 1. The van der Waals surface area contributed by atoms with Gasteiger partial charge < -0.3 is 4.42 Å². The molecular formula is C20H13N3O2S2. The highest BCUT2D eigenvalue weighted by Crippen LogP contribution is 2.29. The molecule has 4 aromatic rings. The Hall–Kier alpha value is -2.95. The van der Waals surface area contributed by atoms with Crippen molar-refractivity contribution in [1.82, 2.24) is 9.97 Å². The van der Waals surface area contributed by atoms with Crippen LogP contribution in [0.15, 0.2) is 69.6 Å². The van der Waals surface area contributed by atoms with Gasteiger partial charge in [-0.15, -0.1) is 11.3 Å². The van der Waals surface area contributed by atoms with Crippen molar-refractivity contribution in [2.75, 3.05) is 5.75 Å². The first-order chi connectivity index (χ1) is 13.2. The van der Waals surface area contributed by atoms with Gasteiger partial charge >= 0.3 is 0 Å². The normalized spacial score (nSPS) is 12.0. The molecule has 4 rings (SSSR count). The van der Waals surface area contributed by atoms with Gasteiger partial charge in [-0.1, -0.05) is 54.2 Å². The molecule has 0 radical (unpaired) electrons. The van der Waals surface area contributed by atoms with Gasteiger partial charge in [0.2, 0.25) is 0 Å². The molecule has 0 aliphatic heterocycles. The lowest BCUT2D eigenvalue weighted by Gasteiger charge is -2.03. The van der Waals surface area contributed by atoms with Gasteiger partial charge in [-0.2, -0.15) is 5.26 Å². The standard InChI is InChI=1S/C20H13N3O2S2/c21-10-14(19-22-16(11-26-19)13-6-2-1-3-7-13)17(24)12-27-20-23-15-8-4-5-9-18(15)25-20/h1-9,11,14H,12H2. The second-order valence-corrected chi connectivity index (χ2v) is 7.52. The molecule has 0 aliphatic carbocycles. The van der Waals surface area contributed by atoms with Crippen LogP contribution < -0.4 is 0 Å². The van der Waals surface area contributed by atoms with Crippen LogP contribution in [0.1, 0.15) is 10.9 Å². The number of thiazole rings is 1. The van der Waals surface area contributed by atoms with Crippen LogP contribution in [0.25, 0.3) is 22.4 Å². The number of nitriles is 1. The number of hydrogen-bond acceptors (Lipinski definition) is 7. The van der Waals surface area contributed by atoms with E-state index in [0.29, 0.717) is 15.8 Å². The minimum atomic E-state index is -0.885. The number of hydrogen-bond donors (Lipinski definition) is 0. The fraction of sp³-hybridized carbons (Fsp3) is 0.100. The van der Waals surface area contributed by atoms with Crippen molar-refractivity contribution in [2.45, 2.75) is 11.1 Å². The number of benzene rings is 2. The van der Waals surface area contributed by atoms with Gasteiger partial charge in [0.1, 0.15) is 10.5 Å². The number of carbonyl (C=O) groups is 1. The molecule has 2 aromatic heterocycles. The highest BCUT2D eigenvalue weighted by atomic mass is 32.2. The number of para-hydroxylation sites is 2. The monoisotopic (exact) mass is 391 g/mol. The van der Waals surface area contributed by atoms with Crippen molar-refractivity contribution in [3.8, 4) is 17.3 Å². The summed E-state index contributed by atoms with van der Waals surface area (Å²) in [4.78, 5) is 21.4. The Morgan fingerprint density at radius 1 is 1.15 bits per heavy atom. The van der Waals surface area contributed by atoms with Crippen molar-refractivity contribution >= 4 is 40.0 Å². The summed E-state index contributed by atoms with van der Waals surface area (Å²) in [6.45, 7) is 0. The maximum atomic E-state index is 12.6. The lowest BCUT2D eigenvalue weighted by atomic mass is 10.1. The van der Waals surface area contributed by atoms with Gasteiger partial charge in [0, 0.05) is 10.9 Å². The molecule has 1 atom stereocenters. The Bertz CT molecular complexity index is 1100. The molecule has 0 aliphatic rings. The first-order valence-corrected chi connectivity index (χ1v) is 10.0. The fourth-order valence-electron chi connectivity index (χ4n) is 2.56. The molecule has 0 spiro atoms. The number of aromatic nitrogens is 2. The highest BCUT2D eigenvalue weighted by molar-refractivity contribution is 7.99. The van der Waals surface area contributed by atoms with Crippen LogP contribution >= 0.6 is 23.1 Å². The summed E-state index contributed by atoms with van der Waals surface area (Å²) in [5.41, 5.74) is 3.16. The molecule has 0 bridgehead atoms. The number of thioether (sulfide) groups is 1. The Labute approximate surface area is 163 Å². The van der Waals surface area contributed by atoms with Crippen molar-refractivity contribution < 1.29 is 9.21 Å². The zero-order chi connectivity index (χ0) is 18.6. The van der Waals surface area contributed by atoms with Gasteiger partial charge in [0.05, 0.1) is 17.5 Å². The maximum Gasteiger partial charge on any atom is 0.257 e. The van der Waals surface area contributed by atoms with Crippen molar-refractivity contribution in [2.24, 2.45) is 0 Å². The van der Waals surface area contributed by atoms with Crippen LogP contribution in [0.5, 0.6) is 0 Å². The van der Waals surface area contributed by atoms with E-state index in [0.717, 1.165) is 16.8 Å². The molecule has 2 aromatic carbocycles. The number of ketones is 1. The van der Waals surface area contributed by atoms with Crippen LogP contribution in [0.3, 0.4) is 0 Å². The smallest absolute Gasteiger partial charge is 0.257 e.